The molecule has 0 radical (unpaired) electrons. The third kappa shape index (κ3) is 2.67. The van der Waals surface area contributed by atoms with Crippen LogP contribution in [0.3, 0.4) is 0 Å². The molecule has 0 aliphatic rings. The van der Waals surface area contributed by atoms with E-state index in [1.54, 1.807) is 6.07 Å². The highest BCUT2D eigenvalue weighted by Crippen LogP contribution is 2.29. The molecule has 0 N–H and O–H groups in total. The molecular weight excluding hydrogens is 295 g/mol. The Morgan fingerprint density at radius 3 is 2.39 bits per heavy atom. The maximum absolute atomic E-state index is 13.0. The Kier molecular flexibility index (Phi) is 3.92. The van der Waals surface area contributed by atoms with Crippen LogP contribution in [0.2, 0.25) is 0 Å². The molecule has 0 fully saturated rings. The van der Waals surface area contributed by atoms with Crippen LogP contribution >= 0.6 is 15.9 Å². The zero-order valence-corrected chi connectivity index (χ0v) is 11.4. The van der Waals surface area contributed by atoms with E-state index in [1.807, 2.05) is 31.2 Å². The molecule has 0 aromatic heterocycles. The van der Waals surface area contributed by atoms with Gasteiger partial charge in [0.25, 0.3) is 0 Å². The summed E-state index contributed by atoms with van der Waals surface area (Å²) < 4.78 is 13.7. The third-order valence-corrected chi connectivity index (χ3v) is 3.54. The summed E-state index contributed by atoms with van der Waals surface area (Å²) in [6.45, 7) is 1.86. The van der Waals surface area contributed by atoms with E-state index in [2.05, 4.69) is 15.9 Å². The van der Waals surface area contributed by atoms with Crippen molar-refractivity contribution in [2.45, 2.75) is 12.8 Å². The number of hydrogen-bond donors (Lipinski definition) is 0. The van der Waals surface area contributed by atoms with E-state index in [0.29, 0.717) is 0 Å². The van der Waals surface area contributed by atoms with Crippen LogP contribution in [0.25, 0.3) is 11.1 Å². The van der Waals surface area contributed by atoms with Gasteiger partial charge in [-0.1, -0.05) is 53.2 Å². The number of hydrogen-bond acceptors (Lipinski definition) is 1. The van der Waals surface area contributed by atoms with Crippen molar-refractivity contribution < 1.29 is 9.18 Å². The molecule has 1 nitrogen and oxygen atoms in total. The molecule has 0 amide bonds. The molecular formula is C15H12BrFO. The van der Waals surface area contributed by atoms with E-state index in [1.165, 1.54) is 12.1 Å². The molecule has 0 spiro atoms. The van der Waals surface area contributed by atoms with Gasteiger partial charge in [-0.15, -0.1) is 0 Å². The summed E-state index contributed by atoms with van der Waals surface area (Å²) in [5, 5.41) is 0. The quantitative estimate of drug-likeness (QED) is 0.760. The van der Waals surface area contributed by atoms with E-state index in [4.69, 9.17) is 0 Å². The molecule has 0 aliphatic carbocycles. The average molecular weight is 307 g/mol. The second-order valence-electron chi connectivity index (χ2n) is 4.17. The molecule has 18 heavy (non-hydrogen) atoms. The van der Waals surface area contributed by atoms with Crippen molar-refractivity contribution in [2.75, 3.05) is 0 Å². The van der Waals surface area contributed by atoms with E-state index >= 15 is 0 Å². The molecule has 0 heterocycles. The topological polar surface area (TPSA) is 17.1 Å². The van der Waals surface area contributed by atoms with Gasteiger partial charge in [0.05, 0.1) is 0 Å². The van der Waals surface area contributed by atoms with Crippen molar-refractivity contribution in [3.8, 4) is 11.1 Å². The maximum atomic E-state index is 13.0. The van der Waals surface area contributed by atoms with Crippen molar-refractivity contribution in [2.24, 2.45) is 0 Å². The highest BCUT2D eigenvalue weighted by atomic mass is 79.9. The fraction of sp³-hybridized carbons (Fsp3) is 0.133. The van der Waals surface area contributed by atoms with E-state index in [0.717, 1.165) is 27.4 Å². The summed E-state index contributed by atoms with van der Waals surface area (Å²) in [6, 6.07) is 12.3. The van der Waals surface area contributed by atoms with Crippen molar-refractivity contribution in [1.29, 1.82) is 0 Å². The second kappa shape index (κ2) is 5.44. The Bertz CT molecular complexity index is 563. The first-order valence-electron chi connectivity index (χ1n) is 5.62. The van der Waals surface area contributed by atoms with E-state index < -0.39 is 0 Å². The number of rotatable bonds is 3. The van der Waals surface area contributed by atoms with Gasteiger partial charge in [-0.25, -0.2) is 4.39 Å². The molecule has 0 bridgehead atoms. The smallest absolute Gasteiger partial charge is 0.127 e. The third-order valence-electron chi connectivity index (χ3n) is 2.88. The first-order chi connectivity index (χ1) is 8.61. The van der Waals surface area contributed by atoms with Gasteiger partial charge in [0.2, 0.25) is 0 Å². The molecule has 0 saturated heterocycles. The van der Waals surface area contributed by atoms with Crippen LogP contribution in [0.15, 0.2) is 46.9 Å². The molecule has 2 aromatic rings. The van der Waals surface area contributed by atoms with Crippen LogP contribution in [0.1, 0.15) is 18.4 Å². The molecule has 1 atom stereocenters. The summed E-state index contributed by atoms with van der Waals surface area (Å²) in [7, 11) is 0. The van der Waals surface area contributed by atoms with Gasteiger partial charge in [0, 0.05) is 10.4 Å². The highest BCUT2D eigenvalue weighted by molar-refractivity contribution is 9.10. The normalized spacial score (nSPS) is 12.2. The number of carbonyl (C=O) groups is 1. The lowest BCUT2D eigenvalue weighted by Gasteiger charge is -2.08. The van der Waals surface area contributed by atoms with Gasteiger partial charge in [0.1, 0.15) is 12.1 Å². The van der Waals surface area contributed by atoms with Gasteiger partial charge in [-0.2, -0.15) is 0 Å². The highest BCUT2D eigenvalue weighted by Gasteiger charge is 2.06. The summed E-state index contributed by atoms with van der Waals surface area (Å²) in [4.78, 5) is 10.7. The molecule has 0 saturated carbocycles. The molecule has 1 unspecified atom stereocenters. The van der Waals surface area contributed by atoms with Crippen LogP contribution < -0.4 is 0 Å². The molecule has 0 aliphatic heterocycles. The first kappa shape index (κ1) is 13.0. The Hall–Kier alpha value is -1.48. The minimum absolute atomic E-state index is 0.101. The summed E-state index contributed by atoms with van der Waals surface area (Å²) >= 11 is 3.35. The number of halogens is 2. The second-order valence-corrected chi connectivity index (χ2v) is 5.03. The van der Waals surface area contributed by atoms with E-state index in [-0.39, 0.29) is 11.7 Å². The van der Waals surface area contributed by atoms with Crippen molar-refractivity contribution in [3.63, 3.8) is 0 Å². The van der Waals surface area contributed by atoms with Crippen LogP contribution in [0, 0.1) is 5.82 Å². The van der Waals surface area contributed by atoms with Gasteiger partial charge in [0.15, 0.2) is 0 Å². The summed E-state index contributed by atoms with van der Waals surface area (Å²) in [5.74, 6) is -0.368. The zero-order chi connectivity index (χ0) is 13.1. The fourth-order valence-corrected chi connectivity index (χ4v) is 2.35. The SMILES string of the molecule is CC(C=O)c1ccc(-c2ccc(F)cc2Br)cc1. The Morgan fingerprint density at radius 2 is 1.83 bits per heavy atom. The van der Waals surface area contributed by atoms with Gasteiger partial charge in [-0.05, 0) is 28.8 Å². The number of benzene rings is 2. The lowest BCUT2D eigenvalue weighted by atomic mass is 9.98. The monoisotopic (exact) mass is 306 g/mol. The molecule has 3 heteroatoms. The van der Waals surface area contributed by atoms with Gasteiger partial charge < -0.3 is 4.79 Å². The van der Waals surface area contributed by atoms with Crippen molar-refractivity contribution >= 4 is 22.2 Å². The predicted octanol–water partition coefficient (Wildman–Crippen LogP) is 4.56. The minimum Gasteiger partial charge on any atom is -0.303 e. The molecule has 92 valence electrons. The standard InChI is InChI=1S/C15H12BrFO/c1-10(9-18)11-2-4-12(5-3-11)14-7-6-13(17)8-15(14)16/h2-10H,1H3. The van der Waals surface area contributed by atoms with Crippen LogP contribution in [-0.4, -0.2) is 6.29 Å². The van der Waals surface area contributed by atoms with Crippen LogP contribution in [0.5, 0.6) is 0 Å². The molecule has 2 rings (SSSR count). The summed E-state index contributed by atoms with van der Waals surface area (Å²) in [5.41, 5.74) is 2.90. The Balaban J connectivity index is 2.37. The minimum atomic E-state index is -0.267. The lowest BCUT2D eigenvalue weighted by molar-refractivity contribution is -0.108. The largest absolute Gasteiger partial charge is 0.303 e. The fourth-order valence-electron chi connectivity index (χ4n) is 1.77. The number of aldehydes is 1. The molecule has 2 aromatic carbocycles. The van der Waals surface area contributed by atoms with Gasteiger partial charge >= 0.3 is 0 Å². The van der Waals surface area contributed by atoms with Crippen LogP contribution in [-0.2, 0) is 4.79 Å². The predicted molar refractivity (Wildman–Crippen MR) is 74.0 cm³/mol. The van der Waals surface area contributed by atoms with E-state index in [9.17, 15) is 9.18 Å². The maximum Gasteiger partial charge on any atom is 0.127 e. The van der Waals surface area contributed by atoms with Crippen molar-refractivity contribution in [3.05, 3.63) is 58.3 Å². The zero-order valence-electron chi connectivity index (χ0n) is 9.86. The Labute approximate surface area is 114 Å². The summed E-state index contributed by atoms with van der Waals surface area (Å²) in [6.07, 6.45) is 0.919. The van der Waals surface area contributed by atoms with Crippen molar-refractivity contribution in [1.82, 2.24) is 0 Å². The number of carbonyl (C=O) groups excluding carboxylic acids is 1. The van der Waals surface area contributed by atoms with Crippen LogP contribution in [0.4, 0.5) is 4.39 Å². The average Bonchev–Trinajstić information content (AvgIpc) is 2.38. The Morgan fingerprint density at radius 1 is 1.17 bits per heavy atom. The first-order valence-corrected chi connectivity index (χ1v) is 6.42. The van der Waals surface area contributed by atoms with Gasteiger partial charge in [-0.3, -0.25) is 0 Å². The lowest BCUT2D eigenvalue weighted by Crippen LogP contribution is -1.93.